The summed E-state index contributed by atoms with van der Waals surface area (Å²) < 4.78 is 7.25. The number of carbonyl (C=O) groups is 1. The second kappa shape index (κ2) is 7.72. The number of aryl methyl sites for hydroxylation is 1. The first kappa shape index (κ1) is 18.8. The minimum atomic E-state index is -0.374. The molecule has 0 aromatic carbocycles. The van der Waals surface area contributed by atoms with E-state index in [-0.39, 0.29) is 17.7 Å². The van der Waals surface area contributed by atoms with Crippen LogP contribution in [-0.4, -0.2) is 32.4 Å². The number of amides is 1. The second-order valence-electron chi connectivity index (χ2n) is 5.54. The normalized spacial score (nSPS) is 11.3. The molecule has 3 rings (SSSR count). The van der Waals surface area contributed by atoms with E-state index in [9.17, 15) is 4.79 Å². The first-order valence-electron chi connectivity index (χ1n) is 7.76. The van der Waals surface area contributed by atoms with Crippen molar-refractivity contribution in [1.29, 1.82) is 10.8 Å². The number of hydrogen-bond acceptors (Lipinski definition) is 8. The minimum absolute atomic E-state index is 0.103. The third-order valence-electron chi connectivity index (χ3n) is 3.81. The Hall–Kier alpha value is -2.98. The van der Waals surface area contributed by atoms with Crippen molar-refractivity contribution in [3.05, 3.63) is 45.8 Å². The molecule has 140 valence electrons. The van der Waals surface area contributed by atoms with Crippen LogP contribution in [0.15, 0.2) is 23.1 Å². The lowest BCUT2D eigenvalue weighted by atomic mass is 10.2. The molecule has 0 aliphatic heterocycles. The van der Waals surface area contributed by atoms with Crippen LogP contribution in [0.25, 0.3) is 10.3 Å². The van der Waals surface area contributed by atoms with Crippen LogP contribution in [0.5, 0.6) is 0 Å². The van der Waals surface area contributed by atoms with Crippen LogP contribution in [0.2, 0.25) is 5.22 Å². The van der Waals surface area contributed by atoms with Gasteiger partial charge in [-0.2, -0.15) is 0 Å². The number of thiazole rings is 1. The van der Waals surface area contributed by atoms with Crippen LogP contribution in [-0.2, 0) is 20.0 Å². The zero-order chi connectivity index (χ0) is 19.6. The van der Waals surface area contributed by atoms with Crippen LogP contribution >= 0.6 is 22.9 Å². The Morgan fingerprint density at radius 1 is 1.56 bits per heavy atom. The fourth-order valence-electron chi connectivity index (χ4n) is 2.59. The Labute approximate surface area is 162 Å². The van der Waals surface area contributed by atoms with Crippen LogP contribution in [0.4, 0.5) is 0 Å². The summed E-state index contributed by atoms with van der Waals surface area (Å²) in [5.41, 5.74) is 7.43. The van der Waals surface area contributed by atoms with Gasteiger partial charge in [-0.15, -0.1) is 11.3 Å². The average molecular weight is 406 g/mol. The van der Waals surface area contributed by atoms with E-state index in [1.54, 1.807) is 11.6 Å². The maximum Gasteiger partial charge on any atom is 0.269 e. The lowest BCUT2D eigenvalue weighted by molar-refractivity contribution is 0.0942. The zero-order valence-corrected chi connectivity index (χ0v) is 15.8. The van der Waals surface area contributed by atoms with Crippen LogP contribution in [0, 0.1) is 10.8 Å². The van der Waals surface area contributed by atoms with Crippen molar-refractivity contribution < 1.29 is 9.21 Å². The molecule has 3 heterocycles. The molecule has 0 saturated carbocycles. The van der Waals surface area contributed by atoms with E-state index in [1.807, 2.05) is 0 Å². The number of oxazole rings is 1. The number of fused-ring (bicyclic) bond motifs is 1. The molecule has 0 spiro atoms. The van der Waals surface area contributed by atoms with Gasteiger partial charge in [0.2, 0.25) is 5.22 Å². The summed E-state index contributed by atoms with van der Waals surface area (Å²) in [4.78, 5) is 21.1. The van der Waals surface area contributed by atoms with Gasteiger partial charge in [0.25, 0.3) is 5.91 Å². The number of nitrogens with one attached hydrogen (secondary N) is 3. The average Bonchev–Trinajstić information content (AvgIpc) is 3.28. The molecular formula is C16H16ClN7O2S. The van der Waals surface area contributed by atoms with Gasteiger partial charge in [0.1, 0.15) is 16.4 Å². The molecule has 0 aliphatic carbocycles. The summed E-state index contributed by atoms with van der Waals surface area (Å²) in [6.07, 6.45) is 5.47. The molecular weight excluding hydrogens is 390 g/mol. The number of nitrogens with two attached hydrogens (primary N) is 1. The molecule has 0 unspecified atom stereocenters. The van der Waals surface area contributed by atoms with E-state index >= 15 is 0 Å². The Balaban J connectivity index is 1.89. The number of nitrogens with zero attached hydrogens (tertiary/aromatic N) is 3. The molecule has 9 nitrogen and oxygen atoms in total. The van der Waals surface area contributed by atoms with E-state index in [2.05, 4.69) is 15.3 Å². The number of rotatable bonds is 7. The van der Waals surface area contributed by atoms with Crippen molar-refractivity contribution in [2.75, 3.05) is 0 Å². The summed E-state index contributed by atoms with van der Waals surface area (Å²) in [5, 5.41) is 19.1. The highest BCUT2D eigenvalue weighted by Gasteiger charge is 2.23. The molecule has 0 aliphatic rings. The van der Waals surface area contributed by atoms with Gasteiger partial charge in [-0.25, -0.2) is 9.97 Å². The monoisotopic (exact) mass is 405 g/mol. The fraction of sp³-hybridized carbons (Fsp3) is 0.188. The number of allylic oxidation sites excluding steroid dienone is 1. The van der Waals surface area contributed by atoms with E-state index < -0.39 is 0 Å². The van der Waals surface area contributed by atoms with Gasteiger partial charge in [0, 0.05) is 31.0 Å². The van der Waals surface area contributed by atoms with Gasteiger partial charge < -0.3 is 30.9 Å². The Bertz CT molecular complexity index is 1060. The first-order chi connectivity index (χ1) is 13.0. The largest absolute Gasteiger partial charge is 0.432 e. The minimum Gasteiger partial charge on any atom is -0.432 e. The standard InChI is InChI=1S/C16H16ClN7O2S/c1-24-12(16(25)21-6-10-14(17)26-7-22-10)9(5-19)13-15(24)23-11(27-13)4-8(20)2-3-18/h2-3,5,7,19-20H,4,6,18H2,1H3,(H,21,25)/b3-2-,19-5?,20-8?. The molecule has 11 heteroatoms. The Morgan fingerprint density at radius 2 is 2.33 bits per heavy atom. The van der Waals surface area contributed by atoms with Crippen molar-refractivity contribution in [2.24, 2.45) is 12.8 Å². The summed E-state index contributed by atoms with van der Waals surface area (Å²) in [6, 6.07) is 0. The zero-order valence-electron chi connectivity index (χ0n) is 14.2. The predicted octanol–water partition coefficient (Wildman–Crippen LogP) is 2.24. The quantitative estimate of drug-likeness (QED) is 0.445. The van der Waals surface area contributed by atoms with Gasteiger partial charge in [-0.3, -0.25) is 4.79 Å². The van der Waals surface area contributed by atoms with E-state index in [0.29, 0.717) is 39.7 Å². The van der Waals surface area contributed by atoms with Crippen molar-refractivity contribution in [2.45, 2.75) is 13.0 Å². The van der Waals surface area contributed by atoms with Crippen molar-refractivity contribution >= 4 is 51.1 Å². The van der Waals surface area contributed by atoms with Crippen LogP contribution < -0.4 is 11.1 Å². The summed E-state index contributed by atoms with van der Waals surface area (Å²) in [5.74, 6) is -0.374. The fourth-order valence-corrected chi connectivity index (χ4v) is 3.88. The lowest BCUT2D eigenvalue weighted by Crippen LogP contribution is -2.26. The molecule has 5 N–H and O–H groups in total. The molecule has 3 aromatic heterocycles. The smallest absolute Gasteiger partial charge is 0.269 e. The molecule has 1 amide bonds. The predicted molar refractivity (Wildman–Crippen MR) is 104 cm³/mol. The number of aromatic nitrogens is 3. The molecule has 0 fully saturated rings. The van der Waals surface area contributed by atoms with E-state index in [4.69, 9.17) is 32.6 Å². The van der Waals surface area contributed by atoms with Gasteiger partial charge in [-0.05, 0) is 23.9 Å². The molecule has 0 bridgehead atoms. The molecule has 3 aromatic rings. The van der Waals surface area contributed by atoms with Gasteiger partial charge in [-0.1, -0.05) is 0 Å². The maximum absolute atomic E-state index is 12.7. The highest BCUT2D eigenvalue weighted by Crippen LogP contribution is 2.30. The molecule has 0 saturated heterocycles. The highest BCUT2D eigenvalue weighted by atomic mass is 35.5. The molecule has 0 radical (unpaired) electrons. The van der Waals surface area contributed by atoms with Crippen LogP contribution in [0.3, 0.4) is 0 Å². The van der Waals surface area contributed by atoms with Crippen molar-refractivity contribution in [3.63, 3.8) is 0 Å². The van der Waals surface area contributed by atoms with Crippen LogP contribution in [0.1, 0.15) is 26.8 Å². The lowest BCUT2D eigenvalue weighted by Gasteiger charge is -2.06. The summed E-state index contributed by atoms with van der Waals surface area (Å²) in [6.45, 7) is 0.103. The first-order valence-corrected chi connectivity index (χ1v) is 8.96. The van der Waals surface area contributed by atoms with E-state index in [0.717, 1.165) is 10.9 Å². The van der Waals surface area contributed by atoms with Crippen molar-refractivity contribution in [3.8, 4) is 0 Å². The van der Waals surface area contributed by atoms with Gasteiger partial charge in [0.15, 0.2) is 12.0 Å². The number of hydrogen-bond donors (Lipinski definition) is 4. The van der Waals surface area contributed by atoms with Gasteiger partial charge >= 0.3 is 0 Å². The Kier molecular flexibility index (Phi) is 5.38. The maximum atomic E-state index is 12.7. The topological polar surface area (TPSA) is 147 Å². The summed E-state index contributed by atoms with van der Waals surface area (Å²) in [7, 11) is 1.71. The number of carbonyl (C=O) groups excluding carboxylic acids is 1. The van der Waals surface area contributed by atoms with Gasteiger partial charge in [0.05, 0.1) is 11.2 Å². The third-order valence-corrected chi connectivity index (χ3v) is 5.20. The highest BCUT2D eigenvalue weighted by molar-refractivity contribution is 7.19. The number of halogens is 1. The third kappa shape index (κ3) is 3.62. The summed E-state index contributed by atoms with van der Waals surface area (Å²) >= 11 is 7.17. The molecule has 27 heavy (non-hydrogen) atoms. The van der Waals surface area contributed by atoms with E-state index in [1.165, 1.54) is 30.0 Å². The Morgan fingerprint density at radius 3 is 2.96 bits per heavy atom. The molecule has 0 atom stereocenters. The van der Waals surface area contributed by atoms with Crippen molar-refractivity contribution in [1.82, 2.24) is 19.9 Å². The SMILES string of the molecule is Cn1c(C(=O)NCc2ncoc2Cl)c(C=N)c2sc(CC(=N)/C=C\N)nc21. The second-order valence-corrected chi connectivity index (χ2v) is 6.97.